The van der Waals surface area contributed by atoms with Crippen molar-refractivity contribution in [3.05, 3.63) is 0 Å². The maximum absolute atomic E-state index is 12.6. The molecule has 0 heterocycles. The summed E-state index contributed by atoms with van der Waals surface area (Å²) >= 11 is 0. The minimum absolute atomic E-state index is 0.0206. The summed E-state index contributed by atoms with van der Waals surface area (Å²) in [6.45, 7) is 0. The van der Waals surface area contributed by atoms with Gasteiger partial charge in [-0.25, -0.2) is 0 Å². The number of carbonyl (C=O) groups is 2. The van der Waals surface area contributed by atoms with Crippen molar-refractivity contribution in [1.29, 1.82) is 0 Å². The number of hydrogen-bond donors (Lipinski definition) is 0. The van der Waals surface area contributed by atoms with Crippen molar-refractivity contribution in [3.63, 3.8) is 0 Å². The van der Waals surface area contributed by atoms with Gasteiger partial charge in [0.2, 0.25) is 0 Å². The minimum Gasteiger partial charge on any atom is -0.469 e. The van der Waals surface area contributed by atoms with Gasteiger partial charge in [-0.1, -0.05) is 12.8 Å². The van der Waals surface area contributed by atoms with Gasteiger partial charge in [0, 0.05) is 10.8 Å². The van der Waals surface area contributed by atoms with Gasteiger partial charge in [0.15, 0.2) is 0 Å². The molecule has 118 valence electrons. The van der Waals surface area contributed by atoms with Gasteiger partial charge in [0.05, 0.1) is 25.0 Å². The topological polar surface area (TPSA) is 52.6 Å². The number of esters is 2. The van der Waals surface area contributed by atoms with Gasteiger partial charge in [-0.3, -0.25) is 9.59 Å². The Kier molecular flexibility index (Phi) is 1.68. The zero-order valence-electron chi connectivity index (χ0n) is 13.2. The predicted octanol–water partition coefficient (Wildman–Crippen LogP) is 2.17. The third kappa shape index (κ3) is 0.691. The van der Waals surface area contributed by atoms with E-state index >= 15 is 0 Å². The second kappa shape index (κ2) is 2.99. The van der Waals surface area contributed by atoms with Crippen molar-refractivity contribution in [2.45, 2.75) is 38.5 Å². The molecule has 0 aromatic heterocycles. The number of fused-ring (bicyclic) bond motifs is 4. The van der Waals surface area contributed by atoms with E-state index < -0.39 is 0 Å². The highest BCUT2D eigenvalue weighted by Gasteiger charge is 3.19. The molecule has 6 aliphatic carbocycles. The van der Waals surface area contributed by atoms with E-state index in [2.05, 4.69) is 0 Å². The van der Waals surface area contributed by atoms with Crippen LogP contribution in [0.4, 0.5) is 0 Å². The van der Waals surface area contributed by atoms with Gasteiger partial charge in [-0.05, 0) is 49.4 Å². The predicted molar refractivity (Wildman–Crippen MR) is 75.4 cm³/mol. The third-order valence-corrected chi connectivity index (χ3v) is 9.13. The van der Waals surface area contributed by atoms with E-state index in [1.165, 1.54) is 27.1 Å². The largest absolute Gasteiger partial charge is 0.469 e. The van der Waals surface area contributed by atoms with Crippen LogP contribution in [-0.2, 0) is 19.1 Å². The van der Waals surface area contributed by atoms with E-state index in [1.807, 2.05) is 0 Å². The normalized spacial score (nSPS) is 63.9. The molecule has 4 heteroatoms. The van der Waals surface area contributed by atoms with Crippen molar-refractivity contribution < 1.29 is 19.1 Å². The van der Waals surface area contributed by atoms with Crippen LogP contribution in [0.5, 0.6) is 0 Å². The number of methoxy groups -OCH3 is 2. The first-order chi connectivity index (χ1) is 10.7. The summed E-state index contributed by atoms with van der Waals surface area (Å²) in [5.41, 5.74) is -0.120. The second-order valence-corrected chi connectivity index (χ2v) is 8.53. The average molecular weight is 302 g/mol. The SMILES string of the molecule is COC(=O)C12C3CCCC1C32C12C3CCCC1C32C(=O)OC. The van der Waals surface area contributed by atoms with E-state index in [4.69, 9.17) is 9.47 Å². The standard InChI is InChI=1S/C18H22O4/c1-21-13(19)15-9-5-3-6-10(15)17(9,15)18-11-7-4-8-12(18)16(11,18)14(20)22-2/h9-12H,3-8H2,1-2H3. The van der Waals surface area contributed by atoms with Gasteiger partial charge in [0.1, 0.15) is 0 Å². The van der Waals surface area contributed by atoms with E-state index in [1.54, 1.807) is 0 Å². The van der Waals surface area contributed by atoms with Crippen molar-refractivity contribution in [2.75, 3.05) is 14.2 Å². The van der Waals surface area contributed by atoms with Crippen LogP contribution in [0.25, 0.3) is 0 Å². The Labute approximate surface area is 129 Å². The van der Waals surface area contributed by atoms with Crippen molar-refractivity contribution in [1.82, 2.24) is 0 Å². The van der Waals surface area contributed by atoms with Crippen LogP contribution in [-0.4, -0.2) is 26.2 Å². The number of ether oxygens (including phenoxy) is 2. The fraction of sp³-hybridized carbons (Fsp3) is 0.889. The molecule has 0 aliphatic heterocycles. The van der Waals surface area contributed by atoms with Crippen molar-refractivity contribution in [2.24, 2.45) is 45.3 Å². The summed E-state index contributed by atoms with van der Waals surface area (Å²) in [5, 5.41) is 0. The summed E-state index contributed by atoms with van der Waals surface area (Å²) in [6, 6.07) is 0. The van der Waals surface area contributed by atoms with E-state index in [-0.39, 0.29) is 33.6 Å². The molecule has 0 aromatic rings. The maximum atomic E-state index is 12.6. The fourth-order valence-corrected chi connectivity index (χ4v) is 9.14. The monoisotopic (exact) mass is 302 g/mol. The summed E-state index contributed by atoms with van der Waals surface area (Å²) in [4.78, 5) is 25.1. The van der Waals surface area contributed by atoms with Crippen LogP contribution in [0, 0.1) is 45.3 Å². The zero-order valence-corrected chi connectivity index (χ0v) is 13.2. The fourth-order valence-electron chi connectivity index (χ4n) is 9.14. The molecule has 0 bridgehead atoms. The van der Waals surface area contributed by atoms with Gasteiger partial charge in [-0.15, -0.1) is 0 Å². The lowest BCUT2D eigenvalue weighted by molar-refractivity contribution is -0.147. The Morgan fingerprint density at radius 3 is 1.32 bits per heavy atom. The lowest BCUT2D eigenvalue weighted by atomic mass is 9.70. The quantitative estimate of drug-likeness (QED) is 0.750. The van der Waals surface area contributed by atoms with Crippen LogP contribution in [0.2, 0.25) is 0 Å². The van der Waals surface area contributed by atoms with Gasteiger partial charge < -0.3 is 9.47 Å². The molecule has 0 N–H and O–H groups in total. The minimum atomic E-state index is -0.194. The van der Waals surface area contributed by atoms with Crippen LogP contribution in [0.1, 0.15) is 38.5 Å². The van der Waals surface area contributed by atoms with Crippen LogP contribution in [0.15, 0.2) is 0 Å². The Morgan fingerprint density at radius 2 is 1.05 bits per heavy atom. The second-order valence-electron chi connectivity index (χ2n) is 8.53. The molecule has 0 amide bonds. The van der Waals surface area contributed by atoms with E-state index in [9.17, 15) is 9.59 Å². The smallest absolute Gasteiger partial charge is 0.313 e. The Bertz CT molecular complexity index is 569. The highest BCUT2D eigenvalue weighted by molar-refractivity contribution is 5.98. The molecule has 6 fully saturated rings. The first-order valence-corrected chi connectivity index (χ1v) is 8.83. The lowest BCUT2D eigenvalue weighted by Gasteiger charge is -2.34. The van der Waals surface area contributed by atoms with Gasteiger partial charge >= 0.3 is 11.9 Å². The first kappa shape index (κ1) is 12.4. The molecule has 4 nitrogen and oxygen atoms in total. The van der Waals surface area contributed by atoms with E-state index in [0.717, 1.165) is 25.7 Å². The molecule has 6 aliphatic rings. The number of hydrogen-bond acceptors (Lipinski definition) is 4. The zero-order chi connectivity index (χ0) is 15.1. The molecule has 4 unspecified atom stereocenters. The summed E-state index contributed by atoms with van der Waals surface area (Å²) in [5.74, 6) is 2.05. The molecule has 0 spiro atoms. The molecule has 22 heavy (non-hydrogen) atoms. The van der Waals surface area contributed by atoms with Crippen molar-refractivity contribution >= 4 is 11.9 Å². The highest BCUT2D eigenvalue weighted by atomic mass is 16.5. The number of rotatable bonds is 3. The van der Waals surface area contributed by atoms with Crippen LogP contribution in [0.3, 0.4) is 0 Å². The summed E-state index contributed by atoms with van der Waals surface area (Å²) in [7, 11) is 3.06. The Balaban J connectivity index is 1.48. The maximum Gasteiger partial charge on any atom is 0.313 e. The Morgan fingerprint density at radius 1 is 0.727 bits per heavy atom. The molecular formula is C18H22O4. The molecule has 0 radical (unpaired) electrons. The van der Waals surface area contributed by atoms with Crippen molar-refractivity contribution in [3.8, 4) is 0 Å². The molecule has 0 saturated heterocycles. The average Bonchev–Trinajstić information content (AvgIpc) is 3.49. The first-order valence-electron chi connectivity index (χ1n) is 8.83. The molecular weight excluding hydrogens is 280 g/mol. The van der Waals surface area contributed by atoms with Crippen LogP contribution < -0.4 is 0 Å². The van der Waals surface area contributed by atoms with Gasteiger partial charge in [0.25, 0.3) is 0 Å². The lowest BCUT2D eigenvalue weighted by Crippen LogP contribution is -2.30. The summed E-state index contributed by atoms with van der Waals surface area (Å²) in [6.07, 6.45) is 7.11. The number of carbonyl (C=O) groups excluding carboxylic acids is 2. The molecule has 0 aromatic carbocycles. The van der Waals surface area contributed by atoms with Gasteiger partial charge in [-0.2, -0.15) is 0 Å². The van der Waals surface area contributed by atoms with E-state index in [0.29, 0.717) is 23.7 Å². The molecule has 4 atom stereocenters. The molecule has 6 saturated carbocycles. The van der Waals surface area contributed by atoms with Crippen LogP contribution >= 0.6 is 0 Å². The Hall–Kier alpha value is -1.06. The summed E-state index contributed by atoms with van der Waals surface area (Å²) < 4.78 is 10.4. The molecule has 6 rings (SSSR count). The highest BCUT2D eigenvalue weighted by Crippen LogP contribution is 3.17. The third-order valence-electron chi connectivity index (χ3n) is 9.13.